The minimum Gasteiger partial charge on any atom is -0.336 e. The van der Waals surface area contributed by atoms with Gasteiger partial charge in [0.05, 0.1) is 4.90 Å². The summed E-state index contributed by atoms with van der Waals surface area (Å²) >= 11 is 0. The van der Waals surface area contributed by atoms with Gasteiger partial charge in [0, 0.05) is 45.8 Å². The van der Waals surface area contributed by atoms with E-state index in [0.717, 1.165) is 30.4 Å². The summed E-state index contributed by atoms with van der Waals surface area (Å²) in [6.45, 7) is 6.31. The van der Waals surface area contributed by atoms with E-state index < -0.39 is 10.0 Å². The van der Waals surface area contributed by atoms with Crippen LogP contribution < -0.4 is 0 Å². The number of amides is 1. The Kier molecular flexibility index (Phi) is 5.78. The fourth-order valence-corrected chi connectivity index (χ4v) is 3.62. The molecule has 7 heteroatoms. The molecule has 1 fully saturated rings. The van der Waals surface area contributed by atoms with Gasteiger partial charge in [-0.3, -0.25) is 9.69 Å². The van der Waals surface area contributed by atoms with Gasteiger partial charge in [-0.05, 0) is 31.2 Å². The summed E-state index contributed by atoms with van der Waals surface area (Å²) < 4.78 is 25.5. The zero-order chi connectivity index (χ0) is 17.0. The second-order valence-corrected chi connectivity index (χ2v) is 8.10. The second-order valence-electron chi connectivity index (χ2n) is 5.95. The summed E-state index contributed by atoms with van der Waals surface area (Å²) in [5.74, 6) is -0.100. The lowest BCUT2D eigenvalue weighted by atomic mass is 10.2. The fourth-order valence-electron chi connectivity index (χ4n) is 2.67. The van der Waals surface area contributed by atoms with E-state index in [4.69, 9.17) is 0 Å². The maximum absolute atomic E-state index is 12.6. The maximum atomic E-state index is 12.6. The summed E-state index contributed by atoms with van der Waals surface area (Å²) in [6.07, 6.45) is 1.11. The number of piperazine rings is 1. The van der Waals surface area contributed by atoms with Crippen molar-refractivity contribution in [2.75, 3.05) is 46.8 Å². The van der Waals surface area contributed by atoms with Crippen molar-refractivity contribution in [2.24, 2.45) is 0 Å². The van der Waals surface area contributed by atoms with Crippen LogP contribution in [0.25, 0.3) is 0 Å². The largest absolute Gasteiger partial charge is 0.336 e. The maximum Gasteiger partial charge on any atom is 0.253 e. The van der Waals surface area contributed by atoms with E-state index in [1.807, 2.05) is 0 Å². The van der Waals surface area contributed by atoms with E-state index >= 15 is 0 Å². The van der Waals surface area contributed by atoms with Crippen molar-refractivity contribution < 1.29 is 13.2 Å². The van der Waals surface area contributed by atoms with E-state index in [1.165, 1.54) is 26.2 Å². The molecule has 23 heavy (non-hydrogen) atoms. The highest BCUT2D eigenvalue weighted by Gasteiger charge is 2.23. The molecule has 0 N–H and O–H groups in total. The van der Waals surface area contributed by atoms with Crippen molar-refractivity contribution in [1.29, 1.82) is 0 Å². The lowest BCUT2D eigenvalue weighted by Crippen LogP contribution is -2.48. The van der Waals surface area contributed by atoms with Gasteiger partial charge in [0.25, 0.3) is 5.91 Å². The molecule has 1 aromatic rings. The number of rotatable bonds is 5. The number of hydrogen-bond acceptors (Lipinski definition) is 4. The molecule has 6 nitrogen and oxygen atoms in total. The smallest absolute Gasteiger partial charge is 0.253 e. The second kappa shape index (κ2) is 7.42. The van der Waals surface area contributed by atoms with E-state index in [-0.39, 0.29) is 10.8 Å². The van der Waals surface area contributed by atoms with Crippen LogP contribution in [0.2, 0.25) is 0 Å². The van der Waals surface area contributed by atoms with Crippen molar-refractivity contribution in [3.8, 4) is 0 Å². The lowest BCUT2D eigenvalue weighted by molar-refractivity contribution is 0.0637. The predicted octanol–water partition coefficient (Wildman–Crippen LogP) is 1.10. The Morgan fingerprint density at radius 1 is 1.17 bits per heavy atom. The lowest BCUT2D eigenvalue weighted by Gasteiger charge is -2.34. The molecule has 0 saturated carbocycles. The van der Waals surface area contributed by atoms with Gasteiger partial charge in [0.1, 0.15) is 0 Å². The number of carbonyl (C=O) groups is 1. The summed E-state index contributed by atoms with van der Waals surface area (Å²) in [5, 5.41) is 0. The summed E-state index contributed by atoms with van der Waals surface area (Å²) in [4.78, 5) is 16.9. The number of carbonyl (C=O) groups excluding carboxylic acids is 1. The molecule has 1 saturated heterocycles. The molecule has 0 aliphatic carbocycles. The standard InChI is InChI=1S/C16H25N3O3S/c1-4-8-18-9-11-19(12-10-18)16(20)14-6-5-7-15(13-14)23(21,22)17(2)3/h5-7,13H,4,8-12H2,1-3H3. The third-order valence-electron chi connectivity index (χ3n) is 4.06. The molecule has 1 aromatic carbocycles. The van der Waals surface area contributed by atoms with Gasteiger partial charge < -0.3 is 4.90 Å². The van der Waals surface area contributed by atoms with E-state index in [0.29, 0.717) is 18.7 Å². The average Bonchev–Trinajstić information content (AvgIpc) is 2.55. The first-order valence-electron chi connectivity index (χ1n) is 7.90. The van der Waals surface area contributed by atoms with Crippen LogP contribution in [0.15, 0.2) is 29.2 Å². The third-order valence-corrected chi connectivity index (χ3v) is 5.87. The quantitative estimate of drug-likeness (QED) is 0.806. The molecule has 1 heterocycles. The number of nitrogens with zero attached hydrogens (tertiary/aromatic N) is 3. The topological polar surface area (TPSA) is 60.9 Å². The van der Waals surface area contributed by atoms with Crippen LogP contribution in [0.1, 0.15) is 23.7 Å². The van der Waals surface area contributed by atoms with Gasteiger partial charge in [0.2, 0.25) is 10.0 Å². The highest BCUT2D eigenvalue weighted by Crippen LogP contribution is 2.17. The van der Waals surface area contributed by atoms with Crippen LogP contribution in [0.3, 0.4) is 0 Å². The molecular formula is C16H25N3O3S. The number of hydrogen-bond donors (Lipinski definition) is 0. The van der Waals surface area contributed by atoms with Gasteiger partial charge >= 0.3 is 0 Å². The molecule has 0 bridgehead atoms. The Morgan fingerprint density at radius 3 is 2.39 bits per heavy atom. The molecule has 2 rings (SSSR count). The van der Waals surface area contributed by atoms with Gasteiger partial charge in [-0.15, -0.1) is 0 Å². The summed E-state index contributed by atoms with van der Waals surface area (Å²) in [5.41, 5.74) is 0.428. The minimum atomic E-state index is -3.53. The Labute approximate surface area is 138 Å². The molecule has 1 aliphatic heterocycles. The Hall–Kier alpha value is -1.44. The van der Waals surface area contributed by atoms with Crippen LogP contribution in [-0.2, 0) is 10.0 Å². The van der Waals surface area contributed by atoms with Gasteiger partial charge in [-0.2, -0.15) is 0 Å². The van der Waals surface area contributed by atoms with E-state index in [2.05, 4.69) is 11.8 Å². The van der Waals surface area contributed by atoms with Crippen LogP contribution in [-0.4, -0.2) is 75.2 Å². The van der Waals surface area contributed by atoms with Gasteiger partial charge in [-0.1, -0.05) is 13.0 Å². The molecule has 0 atom stereocenters. The Morgan fingerprint density at radius 2 is 1.83 bits per heavy atom. The van der Waals surface area contributed by atoms with Crippen LogP contribution in [0.4, 0.5) is 0 Å². The average molecular weight is 339 g/mol. The number of benzene rings is 1. The SMILES string of the molecule is CCCN1CCN(C(=O)c2cccc(S(=O)(=O)N(C)C)c2)CC1. The van der Waals surface area contributed by atoms with Crippen molar-refractivity contribution in [3.05, 3.63) is 29.8 Å². The van der Waals surface area contributed by atoms with Crippen molar-refractivity contribution in [3.63, 3.8) is 0 Å². The molecule has 0 aromatic heterocycles. The highest BCUT2D eigenvalue weighted by molar-refractivity contribution is 7.89. The Bertz CT molecular complexity index is 650. The van der Waals surface area contributed by atoms with Crippen LogP contribution in [0.5, 0.6) is 0 Å². The van der Waals surface area contributed by atoms with Crippen molar-refractivity contribution in [1.82, 2.24) is 14.1 Å². The van der Waals surface area contributed by atoms with Gasteiger partial charge in [0.15, 0.2) is 0 Å². The molecule has 0 spiro atoms. The molecule has 1 amide bonds. The first-order valence-corrected chi connectivity index (χ1v) is 9.34. The molecular weight excluding hydrogens is 314 g/mol. The zero-order valence-electron chi connectivity index (χ0n) is 14.0. The molecule has 1 aliphatic rings. The molecule has 128 valence electrons. The first kappa shape index (κ1) is 17.9. The Balaban J connectivity index is 2.12. The van der Waals surface area contributed by atoms with Crippen LogP contribution in [0, 0.1) is 0 Å². The van der Waals surface area contributed by atoms with Crippen LogP contribution >= 0.6 is 0 Å². The molecule has 0 unspecified atom stereocenters. The summed E-state index contributed by atoms with van der Waals surface area (Å²) in [7, 11) is -0.560. The van der Waals surface area contributed by atoms with Gasteiger partial charge in [-0.25, -0.2) is 12.7 Å². The third kappa shape index (κ3) is 4.10. The minimum absolute atomic E-state index is 0.100. The monoisotopic (exact) mass is 339 g/mol. The summed E-state index contributed by atoms with van der Waals surface area (Å²) in [6, 6.07) is 6.29. The van der Waals surface area contributed by atoms with E-state index in [9.17, 15) is 13.2 Å². The molecule has 0 radical (unpaired) electrons. The highest BCUT2D eigenvalue weighted by atomic mass is 32.2. The zero-order valence-corrected chi connectivity index (χ0v) is 14.8. The van der Waals surface area contributed by atoms with Crippen molar-refractivity contribution >= 4 is 15.9 Å². The van der Waals surface area contributed by atoms with E-state index in [1.54, 1.807) is 17.0 Å². The number of sulfonamides is 1. The normalized spacial score (nSPS) is 16.8. The predicted molar refractivity (Wildman–Crippen MR) is 89.9 cm³/mol. The van der Waals surface area contributed by atoms with Crippen molar-refractivity contribution in [2.45, 2.75) is 18.2 Å². The fraction of sp³-hybridized carbons (Fsp3) is 0.562. The first-order chi connectivity index (χ1) is 10.9.